The molecule has 0 aliphatic carbocycles. The number of benzene rings is 1. The first kappa shape index (κ1) is 11.1. The molecule has 1 unspecified atom stereocenters. The molecule has 0 radical (unpaired) electrons. The summed E-state index contributed by atoms with van der Waals surface area (Å²) in [4.78, 5) is 2.29. The van der Waals surface area contributed by atoms with Crippen LogP contribution in [0.3, 0.4) is 0 Å². The highest BCUT2D eigenvalue weighted by molar-refractivity contribution is 5.57. The zero-order valence-corrected chi connectivity index (χ0v) is 10.3. The molecule has 2 N–H and O–H groups in total. The van der Waals surface area contributed by atoms with Gasteiger partial charge in [-0.1, -0.05) is 18.2 Å². The van der Waals surface area contributed by atoms with E-state index in [0.29, 0.717) is 0 Å². The number of nitrogens with zero attached hydrogens (tertiary/aromatic N) is 1. The van der Waals surface area contributed by atoms with E-state index >= 15 is 0 Å². The van der Waals surface area contributed by atoms with Gasteiger partial charge in [-0.05, 0) is 37.9 Å². The Hall–Kier alpha value is -1.06. The molecule has 1 atom stereocenters. The quantitative estimate of drug-likeness (QED) is 0.770. The van der Waals surface area contributed by atoms with E-state index < -0.39 is 5.60 Å². The topological polar surface area (TPSA) is 35.5 Å². The van der Waals surface area contributed by atoms with Gasteiger partial charge in [-0.3, -0.25) is 0 Å². The van der Waals surface area contributed by atoms with Gasteiger partial charge < -0.3 is 15.3 Å². The molecule has 3 rings (SSSR count). The third kappa shape index (κ3) is 1.94. The Kier molecular flexibility index (Phi) is 2.60. The molecule has 2 aliphatic heterocycles. The highest BCUT2D eigenvalue weighted by Crippen LogP contribution is 2.35. The van der Waals surface area contributed by atoms with Gasteiger partial charge in [-0.25, -0.2) is 0 Å². The lowest BCUT2D eigenvalue weighted by Gasteiger charge is -2.40. The van der Waals surface area contributed by atoms with Gasteiger partial charge in [-0.2, -0.15) is 0 Å². The van der Waals surface area contributed by atoms with Crippen LogP contribution in [0.25, 0.3) is 0 Å². The van der Waals surface area contributed by atoms with Gasteiger partial charge >= 0.3 is 0 Å². The Labute approximate surface area is 102 Å². The minimum absolute atomic E-state index is 0.189. The fraction of sp³-hybridized carbons (Fsp3) is 0.571. The lowest BCUT2D eigenvalue weighted by Crippen LogP contribution is -2.52. The third-order valence-electron chi connectivity index (χ3n) is 4.27. The predicted octanol–water partition coefficient (Wildman–Crippen LogP) is 1.48. The van der Waals surface area contributed by atoms with Crippen LogP contribution in [0, 0.1) is 0 Å². The summed E-state index contributed by atoms with van der Waals surface area (Å²) in [5.74, 6) is 0. The monoisotopic (exact) mass is 232 g/mol. The van der Waals surface area contributed by atoms with E-state index in [4.69, 9.17) is 0 Å². The molecule has 3 nitrogen and oxygen atoms in total. The van der Waals surface area contributed by atoms with Gasteiger partial charge in [0.15, 0.2) is 0 Å². The summed E-state index contributed by atoms with van der Waals surface area (Å²) in [6.45, 7) is 1.98. The van der Waals surface area contributed by atoms with Crippen LogP contribution in [0.5, 0.6) is 0 Å². The molecule has 17 heavy (non-hydrogen) atoms. The molecule has 1 fully saturated rings. The number of likely N-dealkylation sites (tertiary alicyclic amines) is 1. The Morgan fingerprint density at radius 2 is 2.00 bits per heavy atom. The van der Waals surface area contributed by atoms with E-state index in [1.165, 1.54) is 11.3 Å². The molecule has 0 saturated carbocycles. The van der Waals surface area contributed by atoms with Gasteiger partial charge in [0.25, 0.3) is 0 Å². The average molecular weight is 232 g/mol. The van der Waals surface area contributed by atoms with Crippen molar-refractivity contribution in [3.63, 3.8) is 0 Å². The number of piperidine rings is 1. The van der Waals surface area contributed by atoms with Crippen molar-refractivity contribution in [3.05, 3.63) is 29.8 Å². The SMILES string of the molecule is CN1CCC(O)(C2Cc3ccccc3N2)CC1. The summed E-state index contributed by atoms with van der Waals surface area (Å²) in [5, 5.41) is 14.3. The van der Waals surface area contributed by atoms with Gasteiger partial charge in [0.2, 0.25) is 0 Å². The van der Waals surface area contributed by atoms with Crippen molar-refractivity contribution in [3.8, 4) is 0 Å². The van der Waals surface area contributed by atoms with Crippen LogP contribution in [-0.2, 0) is 6.42 Å². The van der Waals surface area contributed by atoms with E-state index in [-0.39, 0.29) is 6.04 Å². The minimum atomic E-state index is -0.536. The summed E-state index contributed by atoms with van der Waals surface area (Å²) in [5.41, 5.74) is 2.00. The number of rotatable bonds is 1. The minimum Gasteiger partial charge on any atom is -0.388 e. The average Bonchev–Trinajstić information content (AvgIpc) is 2.77. The van der Waals surface area contributed by atoms with E-state index in [2.05, 4.69) is 35.5 Å². The second-order valence-corrected chi connectivity index (χ2v) is 5.47. The number of fused-ring (bicyclic) bond motifs is 1. The molecule has 2 heterocycles. The predicted molar refractivity (Wildman–Crippen MR) is 69.2 cm³/mol. The van der Waals surface area contributed by atoms with E-state index in [1.54, 1.807) is 0 Å². The van der Waals surface area contributed by atoms with Crippen LogP contribution in [0.15, 0.2) is 24.3 Å². The number of nitrogens with one attached hydrogen (secondary N) is 1. The molecule has 0 spiro atoms. The number of hydrogen-bond donors (Lipinski definition) is 2. The third-order valence-corrected chi connectivity index (χ3v) is 4.27. The van der Waals surface area contributed by atoms with Crippen LogP contribution >= 0.6 is 0 Å². The summed E-state index contributed by atoms with van der Waals surface area (Å²) in [6, 6.07) is 8.57. The molecular weight excluding hydrogens is 212 g/mol. The van der Waals surface area contributed by atoms with Crippen LogP contribution in [0.1, 0.15) is 18.4 Å². The number of aliphatic hydroxyl groups is 1. The maximum atomic E-state index is 10.8. The molecule has 0 amide bonds. The first-order chi connectivity index (χ1) is 8.17. The first-order valence-electron chi connectivity index (χ1n) is 6.43. The molecule has 0 bridgehead atoms. The smallest absolute Gasteiger partial charge is 0.0875 e. The largest absolute Gasteiger partial charge is 0.388 e. The molecule has 2 aliphatic rings. The molecule has 1 aromatic carbocycles. The summed E-state index contributed by atoms with van der Waals surface area (Å²) in [7, 11) is 2.12. The molecule has 3 heteroatoms. The Bertz CT molecular complexity index is 385. The molecule has 1 aromatic rings. The highest BCUT2D eigenvalue weighted by Gasteiger charge is 2.41. The van der Waals surface area contributed by atoms with E-state index in [9.17, 15) is 5.11 Å². The van der Waals surface area contributed by atoms with Gasteiger partial charge in [0.1, 0.15) is 0 Å². The second-order valence-electron chi connectivity index (χ2n) is 5.47. The molecule has 0 aromatic heterocycles. The van der Waals surface area contributed by atoms with Crippen LogP contribution in [0.4, 0.5) is 5.69 Å². The zero-order valence-electron chi connectivity index (χ0n) is 10.3. The van der Waals surface area contributed by atoms with Crippen molar-refractivity contribution in [2.75, 3.05) is 25.5 Å². The Balaban J connectivity index is 1.76. The van der Waals surface area contributed by atoms with Crippen LogP contribution in [0.2, 0.25) is 0 Å². The Morgan fingerprint density at radius 1 is 1.29 bits per heavy atom. The maximum absolute atomic E-state index is 10.8. The number of para-hydroxylation sites is 1. The lowest BCUT2D eigenvalue weighted by atomic mass is 9.83. The van der Waals surface area contributed by atoms with Crippen molar-refractivity contribution in [2.45, 2.75) is 30.9 Å². The van der Waals surface area contributed by atoms with Crippen molar-refractivity contribution < 1.29 is 5.11 Å². The van der Waals surface area contributed by atoms with Crippen LogP contribution in [-0.4, -0.2) is 41.8 Å². The van der Waals surface area contributed by atoms with Crippen LogP contribution < -0.4 is 5.32 Å². The van der Waals surface area contributed by atoms with Crippen molar-refractivity contribution >= 4 is 5.69 Å². The fourth-order valence-corrected chi connectivity index (χ4v) is 2.98. The van der Waals surface area contributed by atoms with Gasteiger partial charge in [-0.15, -0.1) is 0 Å². The number of anilines is 1. The fourth-order valence-electron chi connectivity index (χ4n) is 2.98. The number of hydrogen-bond acceptors (Lipinski definition) is 3. The summed E-state index contributed by atoms with van der Waals surface area (Å²) >= 11 is 0. The van der Waals surface area contributed by atoms with Crippen molar-refractivity contribution in [2.24, 2.45) is 0 Å². The maximum Gasteiger partial charge on any atom is 0.0875 e. The van der Waals surface area contributed by atoms with Gasteiger partial charge in [0.05, 0.1) is 11.6 Å². The standard InChI is InChI=1S/C14H20N2O/c1-16-8-6-14(17,7-9-16)13-10-11-4-2-3-5-12(11)15-13/h2-5,13,15,17H,6-10H2,1H3. The van der Waals surface area contributed by atoms with Crippen molar-refractivity contribution in [1.82, 2.24) is 4.90 Å². The highest BCUT2D eigenvalue weighted by atomic mass is 16.3. The van der Waals surface area contributed by atoms with E-state index in [1.807, 2.05) is 6.07 Å². The molecular formula is C14H20N2O. The normalized spacial score (nSPS) is 27.5. The summed E-state index contributed by atoms with van der Waals surface area (Å²) in [6.07, 6.45) is 2.70. The Morgan fingerprint density at radius 3 is 2.71 bits per heavy atom. The molecule has 92 valence electrons. The lowest BCUT2D eigenvalue weighted by molar-refractivity contribution is -0.0292. The summed E-state index contributed by atoms with van der Waals surface area (Å²) < 4.78 is 0. The second kappa shape index (κ2) is 4.00. The van der Waals surface area contributed by atoms with Crippen molar-refractivity contribution in [1.29, 1.82) is 0 Å². The molecule has 1 saturated heterocycles. The van der Waals surface area contributed by atoms with E-state index in [0.717, 1.165) is 32.4 Å². The zero-order chi connectivity index (χ0) is 11.9. The van der Waals surface area contributed by atoms with Gasteiger partial charge in [0, 0.05) is 18.8 Å². The first-order valence-corrected chi connectivity index (χ1v) is 6.43.